The molecule has 1 aromatic carbocycles. The lowest BCUT2D eigenvalue weighted by Gasteiger charge is -2.45. The van der Waals surface area contributed by atoms with E-state index in [1.54, 1.807) is 12.1 Å². The zero-order valence-electron chi connectivity index (χ0n) is 16.2. The number of rotatable bonds is 7. The van der Waals surface area contributed by atoms with Crippen molar-refractivity contribution in [2.75, 3.05) is 52.3 Å². The van der Waals surface area contributed by atoms with Crippen LogP contribution in [-0.2, 0) is 21.1 Å². The van der Waals surface area contributed by atoms with Crippen LogP contribution in [0.25, 0.3) is 0 Å². The summed E-state index contributed by atoms with van der Waals surface area (Å²) in [5.41, 5.74) is 1.15. The molecule has 0 bridgehead atoms. The third-order valence-corrected chi connectivity index (χ3v) is 6.91. The highest BCUT2D eigenvalue weighted by molar-refractivity contribution is 7.90. The fourth-order valence-corrected chi connectivity index (χ4v) is 5.00. The van der Waals surface area contributed by atoms with Crippen molar-refractivity contribution in [3.05, 3.63) is 29.8 Å². The summed E-state index contributed by atoms with van der Waals surface area (Å²) < 4.78 is 28.7. The molecule has 2 atom stereocenters. The lowest BCUT2D eigenvalue weighted by Crippen LogP contribution is -2.53. The molecule has 152 valence electrons. The summed E-state index contributed by atoms with van der Waals surface area (Å²) in [6.45, 7) is 6.82. The van der Waals surface area contributed by atoms with Crippen LogP contribution >= 0.6 is 0 Å². The third-order valence-electron chi connectivity index (χ3n) is 5.78. The van der Waals surface area contributed by atoms with E-state index in [9.17, 15) is 13.5 Å². The van der Waals surface area contributed by atoms with Crippen LogP contribution < -0.4 is 0 Å². The maximum absolute atomic E-state index is 11.6. The van der Waals surface area contributed by atoms with Crippen molar-refractivity contribution in [3.8, 4) is 0 Å². The van der Waals surface area contributed by atoms with E-state index in [1.165, 1.54) is 6.26 Å². The Morgan fingerprint density at radius 2 is 1.85 bits per heavy atom. The van der Waals surface area contributed by atoms with Gasteiger partial charge in [0, 0.05) is 45.1 Å². The number of ether oxygens (including phenoxy) is 1. The molecule has 27 heavy (non-hydrogen) atoms. The molecule has 7 heteroatoms. The number of likely N-dealkylation sites (tertiary alicyclic amines) is 1. The SMILES string of the molecule is CS(=O)(=O)c1ccc(CN2CCC(N3CCOCC3)C(CCCO)C2)cc1. The average molecular weight is 397 g/mol. The normalized spacial score (nSPS) is 25.6. The van der Waals surface area contributed by atoms with Crippen molar-refractivity contribution < 1.29 is 18.3 Å². The van der Waals surface area contributed by atoms with Gasteiger partial charge < -0.3 is 9.84 Å². The second-order valence-corrected chi connectivity index (χ2v) is 9.80. The van der Waals surface area contributed by atoms with E-state index in [0.29, 0.717) is 16.9 Å². The van der Waals surface area contributed by atoms with E-state index >= 15 is 0 Å². The molecular formula is C20H32N2O4S. The first kappa shape index (κ1) is 20.7. The topological polar surface area (TPSA) is 70.1 Å². The number of hydrogen-bond acceptors (Lipinski definition) is 6. The maximum Gasteiger partial charge on any atom is 0.175 e. The summed E-state index contributed by atoms with van der Waals surface area (Å²) in [5.74, 6) is 0.555. The minimum atomic E-state index is -3.14. The van der Waals surface area contributed by atoms with Crippen molar-refractivity contribution in [3.63, 3.8) is 0 Å². The molecule has 0 aromatic heterocycles. The van der Waals surface area contributed by atoms with Gasteiger partial charge in [0.1, 0.15) is 0 Å². The van der Waals surface area contributed by atoms with Gasteiger partial charge in [0.25, 0.3) is 0 Å². The Kier molecular flexibility index (Phi) is 7.28. The second kappa shape index (κ2) is 9.47. The van der Waals surface area contributed by atoms with Crippen LogP contribution in [0.2, 0.25) is 0 Å². The van der Waals surface area contributed by atoms with Gasteiger partial charge in [-0.05, 0) is 49.4 Å². The molecule has 2 heterocycles. The molecule has 2 aliphatic rings. The van der Waals surface area contributed by atoms with Crippen LogP contribution in [0.3, 0.4) is 0 Å². The molecule has 0 amide bonds. The summed E-state index contributed by atoms with van der Waals surface area (Å²) >= 11 is 0. The molecule has 0 aliphatic carbocycles. The van der Waals surface area contributed by atoms with Gasteiger partial charge in [-0.3, -0.25) is 9.80 Å². The number of aliphatic hydroxyl groups excluding tert-OH is 1. The number of nitrogens with zero attached hydrogens (tertiary/aromatic N) is 2. The minimum absolute atomic E-state index is 0.249. The zero-order valence-corrected chi connectivity index (χ0v) is 17.0. The number of aliphatic hydroxyl groups is 1. The molecule has 0 saturated carbocycles. The van der Waals surface area contributed by atoms with Crippen LogP contribution in [0.1, 0.15) is 24.8 Å². The Morgan fingerprint density at radius 3 is 2.48 bits per heavy atom. The Labute approximate surface area is 163 Å². The maximum atomic E-state index is 11.6. The number of hydrogen-bond donors (Lipinski definition) is 1. The molecule has 2 unspecified atom stereocenters. The van der Waals surface area contributed by atoms with E-state index in [4.69, 9.17) is 4.74 Å². The Hall–Kier alpha value is -0.990. The Morgan fingerprint density at radius 1 is 1.15 bits per heavy atom. The van der Waals surface area contributed by atoms with Gasteiger partial charge in [0.15, 0.2) is 9.84 Å². The van der Waals surface area contributed by atoms with Gasteiger partial charge in [-0.2, -0.15) is 0 Å². The minimum Gasteiger partial charge on any atom is -0.396 e. The largest absolute Gasteiger partial charge is 0.396 e. The molecule has 0 radical (unpaired) electrons. The van der Waals surface area contributed by atoms with Gasteiger partial charge in [-0.1, -0.05) is 12.1 Å². The number of morpholine rings is 1. The number of sulfone groups is 1. The molecule has 3 rings (SSSR count). The van der Waals surface area contributed by atoms with E-state index in [1.807, 2.05) is 12.1 Å². The first-order chi connectivity index (χ1) is 13.0. The lowest BCUT2D eigenvalue weighted by atomic mass is 9.86. The summed E-state index contributed by atoms with van der Waals surface area (Å²) in [6.07, 6.45) is 4.27. The average Bonchev–Trinajstić information content (AvgIpc) is 2.67. The summed E-state index contributed by atoms with van der Waals surface area (Å²) in [7, 11) is -3.14. The summed E-state index contributed by atoms with van der Waals surface area (Å²) in [5, 5.41) is 9.29. The van der Waals surface area contributed by atoms with E-state index in [0.717, 1.165) is 70.8 Å². The van der Waals surface area contributed by atoms with Gasteiger partial charge in [-0.15, -0.1) is 0 Å². The zero-order chi connectivity index (χ0) is 19.3. The Bertz CT molecular complexity index is 686. The summed E-state index contributed by atoms with van der Waals surface area (Å²) in [6, 6.07) is 7.83. The monoisotopic (exact) mass is 396 g/mol. The molecule has 2 aliphatic heterocycles. The standard InChI is InChI=1S/C20H32N2O4S/c1-27(24,25)19-6-4-17(5-7-19)15-21-9-8-20(18(16-21)3-2-12-23)22-10-13-26-14-11-22/h4-7,18,20,23H,2-3,8-16H2,1H3. The number of benzene rings is 1. The fraction of sp³-hybridized carbons (Fsp3) is 0.700. The van der Waals surface area contributed by atoms with E-state index < -0.39 is 9.84 Å². The first-order valence-corrected chi connectivity index (χ1v) is 11.8. The third kappa shape index (κ3) is 5.74. The van der Waals surface area contributed by atoms with Crippen LogP contribution in [0.5, 0.6) is 0 Å². The van der Waals surface area contributed by atoms with Crippen molar-refractivity contribution in [2.24, 2.45) is 5.92 Å². The quantitative estimate of drug-likeness (QED) is 0.751. The van der Waals surface area contributed by atoms with Crippen LogP contribution in [0.15, 0.2) is 29.2 Å². The highest BCUT2D eigenvalue weighted by atomic mass is 32.2. The molecule has 1 N–H and O–H groups in total. The van der Waals surface area contributed by atoms with E-state index in [2.05, 4.69) is 9.80 Å². The van der Waals surface area contributed by atoms with Crippen LogP contribution in [-0.4, -0.2) is 81.6 Å². The van der Waals surface area contributed by atoms with Crippen molar-refractivity contribution in [1.82, 2.24) is 9.80 Å². The highest BCUT2D eigenvalue weighted by Gasteiger charge is 2.33. The molecule has 6 nitrogen and oxygen atoms in total. The second-order valence-electron chi connectivity index (χ2n) is 7.78. The van der Waals surface area contributed by atoms with Gasteiger partial charge in [0.2, 0.25) is 0 Å². The lowest BCUT2D eigenvalue weighted by molar-refractivity contribution is -0.0231. The van der Waals surface area contributed by atoms with Gasteiger partial charge in [-0.25, -0.2) is 8.42 Å². The smallest absolute Gasteiger partial charge is 0.175 e. The predicted molar refractivity (Wildman–Crippen MR) is 105 cm³/mol. The fourth-order valence-electron chi connectivity index (χ4n) is 4.37. The Balaban J connectivity index is 1.62. The van der Waals surface area contributed by atoms with Gasteiger partial charge in [0.05, 0.1) is 18.1 Å². The molecule has 0 spiro atoms. The molecule has 2 saturated heterocycles. The van der Waals surface area contributed by atoms with Crippen LogP contribution in [0, 0.1) is 5.92 Å². The van der Waals surface area contributed by atoms with Gasteiger partial charge >= 0.3 is 0 Å². The first-order valence-electron chi connectivity index (χ1n) is 9.91. The summed E-state index contributed by atoms with van der Waals surface area (Å²) in [4.78, 5) is 5.41. The number of piperidine rings is 1. The molecular weight excluding hydrogens is 364 g/mol. The van der Waals surface area contributed by atoms with Crippen LogP contribution in [0.4, 0.5) is 0 Å². The van der Waals surface area contributed by atoms with Crippen molar-refractivity contribution in [1.29, 1.82) is 0 Å². The molecule has 1 aromatic rings. The predicted octanol–water partition coefficient (Wildman–Crippen LogP) is 1.39. The van der Waals surface area contributed by atoms with Crippen molar-refractivity contribution in [2.45, 2.75) is 36.7 Å². The van der Waals surface area contributed by atoms with E-state index in [-0.39, 0.29) is 6.61 Å². The highest BCUT2D eigenvalue weighted by Crippen LogP contribution is 2.28. The molecule has 2 fully saturated rings. The van der Waals surface area contributed by atoms with Crippen molar-refractivity contribution >= 4 is 9.84 Å².